The lowest BCUT2D eigenvalue weighted by atomic mass is 9.85. The van der Waals surface area contributed by atoms with Gasteiger partial charge in [-0.05, 0) is 68.5 Å². The summed E-state index contributed by atoms with van der Waals surface area (Å²) >= 11 is 1.58. The average Bonchev–Trinajstić information content (AvgIpc) is 3.44. The van der Waals surface area contributed by atoms with E-state index in [1.165, 1.54) is 4.57 Å². The Morgan fingerprint density at radius 1 is 1.29 bits per heavy atom. The quantitative estimate of drug-likeness (QED) is 0.506. The number of hydrogen-bond donors (Lipinski definition) is 1. The lowest BCUT2D eigenvalue weighted by Crippen LogP contribution is -2.31. The fourth-order valence-electron chi connectivity index (χ4n) is 4.25. The highest BCUT2D eigenvalue weighted by Crippen LogP contribution is 2.46. The first-order valence-corrected chi connectivity index (χ1v) is 12.0. The van der Waals surface area contributed by atoms with Crippen LogP contribution >= 0.6 is 11.3 Å². The number of thiophene rings is 1. The van der Waals surface area contributed by atoms with Gasteiger partial charge in [-0.15, -0.1) is 11.3 Å². The highest BCUT2D eigenvalue weighted by Gasteiger charge is 2.41. The molecule has 1 aromatic carbocycles. The van der Waals surface area contributed by atoms with Gasteiger partial charge >= 0.3 is 6.09 Å². The van der Waals surface area contributed by atoms with Crippen LogP contribution in [0.4, 0.5) is 10.5 Å². The van der Waals surface area contributed by atoms with Gasteiger partial charge in [-0.1, -0.05) is 25.5 Å². The smallest absolute Gasteiger partial charge is 0.420 e. The van der Waals surface area contributed by atoms with E-state index in [-0.39, 0.29) is 18.2 Å². The van der Waals surface area contributed by atoms with E-state index < -0.39 is 17.3 Å². The SMILES string of the molecule is CCCC1(c2cccs2)OCC(=O)Nc2ccc(-c3ccc(C#N)n3C(=O)OC(C)(C)C)cc21. The molecule has 0 spiro atoms. The van der Waals surface area contributed by atoms with Crippen molar-refractivity contribution in [3.8, 4) is 17.3 Å². The van der Waals surface area contributed by atoms with Crippen LogP contribution in [0.2, 0.25) is 0 Å². The van der Waals surface area contributed by atoms with E-state index >= 15 is 0 Å². The Morgan fingerprint density at radius 3 is 2.74 bits per heavy atom. The first kappa shape index (κ1) is 23.7. The standard InChI is InChI=1S/C26H27N3O4S/c1-5-12-26(22-7-6-13-34-22)19-14-17(8-10-20(19)28-23(30)16-32-26)21-11-9-18(15-27)29(21)24(31)33-25(2,3)4/h6-11,13-14H,5,12,16H2,1-4H3,(H,28,30). The number of nitriles is 1. The van der Waals surface area contributed by atoms with Crippen molar-refractivity contribution in [1.82, 2.24) is 4.57 Å². The number of ether oxygens (including phenoxy) is 2. The number of nitrogens with one attached hydrogen (secondary N) is 1. The third kappa shape index (κ3) is 4.37. The molecule has 0 radical (unpaired) electrons. The van der Waals surface area contributed by atoms with Crippen LogP contribution in [0, 0.1) is 11.3 Å². The van der Waals surface area contributed by atoms with Gasteiger partial charge in [0.25, 0.3) is 0 Å². The molecule has 34 heavy (non-hydrogen) atoms. The topological polar surface area (TPSA) is 93.4 Å². The van der Waals surface area contributed by atoms with Crippen molar-refractivity contribution < 1.29 is 19.1 Å². The summed E-state index contributed by atoms with van der Waals surface area (Å²) in [5.41, 5.74) is 1.38. The zero-order chi connectivity index (χ0) is 24.5. The molecule has 4 rings (SSSR count). The number of carbonyl (C=O) groups is 2. The second kappa shape index (κ2) is 9.09. The summed E-state index contributed by atoms with van der Waals surface area (Å²) in [7, 11) is 0. The summed E-state index contributed by atoms with van der Waals surface area (Å²) < 4.78 is 13.2. The van der Waals surface area contributed by atoms with Crippen LogP contribution in [-0.4, -0.2) is 28.8 Å². The van der Waals surface area contributed by atoms with Gasteiger partial charge in [-0.25, -0.2) is 9.36 Å². The molecule has 1 N–H and O–H groups in total. The molecule has 1 atom stereocenters. The molecule has 1 unspecified atom stereocenters. The van der Waals surface area contributed by atoms with Gasteiger partial charge in [0.2, 0.25) is 5.91 Å². The first-order chi connectivity index (χ1) is 16.2. The van der Waals surface area contributed by atoms with E-state index in [1.54, 1.807) is 44.2 Å². The number of aromatic nitrogens is 1. The van der Waals surface area contributed by atoms with Gasteiger partial charge in [0.1, 0.15) is 29.6 Å². The van der Waals surface area contributed by atoms with Gasteiger partial charge in [0.15, 0.2) is 0 Å². The van der Waals surface area contributed by atoms with Gasteiger partial charge in [-0.2, -0.15) is 5.26 Å². The van der Waals surface area contributed by atoms with E-state index in [4.69, 9.17) is 9.47 Å². The predicted octanol–water partition coefficient (Wildman–Crippen LogP) is 5.88. The average molecular weight is 478 g/mol. The van der Waals surface area contributed by atoms with Crippen LogP contribution in [0.1, 0.15) is 56.7 Å². The maximum atomic E-state index is 13.0. The molecule has 2 aromatic heterocycles. The summed E-state index contributed by atoms with van der Waals surface area (Å²) in [4.78, 5) is 26.5. The Kier molecular flexibility index (Phi) is 6.34. The minimum Gasteiger partial charge on any atom is -0.443 e. The molecule has 1 aliphatic rings. The third-order valence-electron chi connectivity index (χ3n) is 5.57. The molecular weight excluding hydrogens is 450 g/mol. The van der Waals surface area contributed by atoms with E-state index in [2.05, 4.69) is 18.3 Å². The van der Waals surface area contributed by atoms with Crippen molar-refractivity contribution >= 4 is 29.0 Å². The molecule has 3 aromatic rings. The number of carbonyl (C=O) groups excluding carboxylic acids is 2. The fourth-order valence-corrected chi connectivity index (χ4v) is 5.17. The molecule has 7 nitrogen and oxygen atoms in total. The van der Waals surface area contributed by atoms with Crippen LogP contribution in [0.5, 0.6) is 0 Å². The highest BCUT2D eigenvalue weighted by molar-refractivity contribution is 7.10. The zero-order valence-corrected chi connectivity index (χ0v) is 20.5. The third-order valence-corrected chi connectivity index (χ3v) is 6.58. The van der Waals surface area contributed by atoms with E-state index in [9.17, 15) is 14.9 Å². The van der Waals surface area contributed by atoms with Gasteiger partial charge in [0, 0.05) is 16.1 Å². The molecule has 3 heterocycles. The number of anilines is 1. The number of rotatable bonds is 4. The molecule has 0 aliphatic carbocycles. The van der Waals surface area contributed by atoms with Crippen LogP contribution in [0.15, 0.2) is 47.8 Å². The van der Waals surface area contributed by atoms with Crippen LogP contribution in [0.25, 0.3) is 11.3 Å². The number of benzene rings is 1. The Hall–Kier alpha value is -3.41. The van der Waals surface area contributed by atoms with E-state index in [0.717, 1.165) is 16.9 Å². The lowest BCUT2D eigenvalue weighted by Gasteiger charge is -2.33. The van der Waals surface area contributed by atoms with Gasteiger partial charge in [-0.3, -0.25) is 4.79 Å². The summed E-state index contributed by atoms with van der Waals surface area (Å²) in [5.74, 6) is -0.215. The molecule has 1 aliphatic heterocycles. The number of amides is 1. The molecule has 8 heteroatoms. The molecule has 0 saturated heterocycles. The van der Waals surface area contributed by atoms with Crippen molar-refractivity contribution in [2.45, 2.75) is 51.7 Å². The summed E-state index contributed by atoms with van der Waals surface area (Å²) in [5, 5.41) is 14.6. The fraction of sp³-hybridized carbons (Fsp3) is 0.346. The molecule has 0 saturated carbocycles. The van der Waals surface area contributed by atoms with Crippen molar-refractivity contribution in [2.24, 2.45) is 0 Å². The van der Waals surface area contributed by atoms with Gasteiger partial charge < -0.3 is 14.8 Å². The summed E-state index contributed by atoms with van der Waals surface area (Å²) in [6, 6.07) is 15.0. The molecular formula is C26H27N3O4S. The lowest BCUT2D eigenvalue weighted by molar-refractivity contribution is -0.125. The second-order valence-corrected chi connectivity index (χ2v) is 10.1. The molecule has 0 fully saturated rings. The van der Waals surface area contributed by atoms with E-state index in [1.807, 2.05) is 35.7 Å². The summed E-state index contributed by atoms with van der Waals surface area (Å²) in [6.45, 7) is 7.36. The minimum atomic E-state index is -0.811. The van der Waals surface area contributed by atoms with Crippen LogP contribution in [-0.2, 0) is 19.9 Å². The monoisotopic (exact) mass is 477 g/mol. The van der Waals surface area contributed by atoms with E-state index in [0.29, 0.717) is 23.4 Å². The van der Waals surface area contributed by atoms with Crippen molar-refractivity contribution in [3.05, 3.63) is 64.0 Å². The van der Waals surface area contributed by atoms with Gasteiger partial charge in [0.05, 0.1) is 5.69 Å². The Morgan fingerprint density at radius 2 is 2.09 bits per heavy atom. The largest absolute Gasteiger partial charge is 0.443 e. The van der Waals surface area contributed by atoms with Crippen molar-refractivity contribution in [3.63, 3.8) is 0 Å². The summed E-state index contributed by atoms with van der Waals surface area (Å²) in [6.07, 6.45) is 0.888. The second-order valence-electron chi connectivity index (χ2n) is 9.18. The first-order valence-electron chi connectivity index (χ1n) is 11.2. The maximum Gasteiger partial charge on any atom is 0.420 e. The zero-order valence-electron chi connectivity index (χ0n) is 19.7. The molecule has 1 amide bonds. The number of fused-ring (bicyclic) bond motifs is 1. The minimum absolute atomic E-state index is 0.0607. The normalized spacial score (nSPS) is 17.9. The Bertz CT molecular complexity index is 1260. The highest BCUT2D eigenvalue weighted by atomic mass is 32.1. The Labute approximate surface area is 202 Å². The molecule has 0 bridgehead atoms. The van der Waals surface area contributed by atoms with Crippen LogP contribution in [0.3, 0.4) is 0 Å². The van der Waals surface area contributed by atoms with Crippen molar-refractivity contribution in [1.29, 1.82) is 5.26 Å². The predicted molar refractivity (Wildman–Crippen MR) is 131 cm³/mol. The van der Waals surface area contributed by atoms with Crippen molar-refractivity contribution in [2.75, 3.05) is 11.9 Å². The van der Waals surface area contributed by atoms with Crippen LogP contribution < -0.4 is 5.32 Å². The number of nitrogens with zero attached hydrogens (tertiary/aromatic N) is 2. The maximum absolute atomic E-state index is 13.0. The number of hydrogen-bond acceptors (Lipinski definition) is 6. The molecule has 176 valence electrons. The Balaban J connectivity index is 1.91.